The van der Waals surface area contributed by atoms with Crippen molar-refractivity contribution in [3.05, 3.63) is 0 Å². The molecule has 1 aliphatic heterocycles. The van der Waals surface area contributed by atoms with Gasteiger partial charge in [-0.3, -0.25) is 0 Å². The van der Waals surface area contributed by atoms with Gasteiger partial charge in [-0.25, -0.2) is 8.42 Å². The lowest BCUT2D eigenvalue weighted by Gasteiger charge is -2.24. The maximum atomic E-state index is 10.9. The van der Waals surface area contributed by atoms with Crippen LogP contribution in [0, 0.1) is 0 Å². The molecule has 1 saturated heterocycles. The molecule has 4 nitrogen and oxygen atoms in total. The van der Waals surface area contributed by atoms with Crippen LogP contribution in [-0.4, -0.2) is 45.6 Å². The lowest BCUT2D eigenvalue weighted by molar-refractivity contribution is 0.389. The van der Waals surface area contributed by atoms with E-state index in [1.54, 1.807) is 0 Å². The van der Waals surface area contributed by atoms with Gasteiger partial charge < -0.3 is 10.6 Å². The van der Waals surface area contributed by atoms with Crippen LogP contribution in [0.2, 0.25) is 0 Å². The summed E-state index contributed by atoms with van der Waals surface area (Å²) in [5.41, 5.74) is 0.164. The second kappa shape index (κ2) is 4.59. The third-order valence-corrected chi connectivity index (χ3v) is 3.64. The molecule has 5 heteroatoms. The van der Waals surface area contributed by atoms with Crippen LogP contribution in [0.1, 0.15) is 19.8 Å². The Hall–Kier alpha value is -0.130. The Labute approximate surface area is 86.4 Å². The van der Waals surface area contributed by atoms with Crippen molar-refractivity contribution in [2.75, 3.05) is 31.6 Å². The van der Waals surface area contributed by atoms with Crippen molar-refractivity contribution < 1.29 is 8.42 Å². The summed E-state index contributed by atoms with van der Waals surface area (Å²) < 4.78 is 21.7. The third-order valence-electron chi connectivity index (χ3n) is 2.61. The Kier molecular flexibility index (Phi) is 3.92. The number of nitrogens with one attached hydrogen (secondary N) is 2. The van der Waals surface area contributed by atoms with Crippen molar-refractivity contribution >= 4 is 9.84 Å². The van der Waals surface area contributed by atoms with Crippen molar-refractivity contribution in [2.45, 2.75) is 25.3 Å². The van der Waals surface area contributed by atoms with E-state index >= 15 is 0 Å². The van der Waals surface area contributed by atoms with Crippen LogP contribution >= 0.6 is 0 Å². The zero-order valence-corrected chi connectivity index (χ0v) is 9.78. The average molecular weight is 220 g/mol. The van der Waals surface area contributed by atoms with E-state index in [2.05, 4.69) is 17.6 Å². The largest absolute Gasteiger partial charge is 0.315 e. The first-order valence-corrected chi connectivity index (χ1v) is 7.11. The second-order valence-corrected chi connectivity index (χ2v) is 6.66. The van der Waals surface area contributed by atoms with E-state index < -0.39 is 9.84 Å². The van der Waals surface area contributed by atoms with Gasteiger partial charge in [-0.05, 0) is 32.9 Å². The van der Waals surface area contributed by atoms with Crippen LogP contribution in [0.25, 0.3) is 0 Å². The third kappa shape index (κ3) is 4.39. The number of hydrogen-bond donors (Lipinski definition) is 2. The summed E-state index contributed by atoms with van der Waals surface area (Å²) >= 11 is 0. The fourth-order valence-electron chi connectivity index (χ4n) is 1.69. The minimum absolute atomic E-state index is 0.164. The predicted molar refractivity (Wildman–Crippen MR) is 58.2 cm³/mol. The Morgan fingerprint density at radius 3 is 2.71 bits per heavy atom. The van der Waals surface area contributed by atoms with E-state index in [0.29, 0.717) is 6.42 Å². The van der Waals surface area contributed by atoms with Crippen LogP contribution in [0.3, 0.4) is 0 Å². The molecule has 1 unspecified atom stereocenters. The van der Waals surface area contributed by atoms with Gasteiger partial charge in [-0.1, -0.05) is 0 Å². The normalized spacial score (nSPS) is 28.1. The van der Waals surface area contributed by atoms with Crippen LogP contribution < -0.4 is 10.6 Å². The van der Waals surface area contributed by atoms with Crippen molar-refractivity contribution in [3.63, 3.8) is 0 Å². The van der Waals surface area contributed by atoms with Gasteiger partial charge in [-0.2, -0.15) is 0 Å². The fraction of sp³-hybridized carbons (Fsp3) is 1.00. The highest BCUT2D eigenvalue weighted by atomic mass is 32.2. The molecule has 1 rings (SSSR count). The summed E-state index contributed by atoms with van der Waals surface area (Å²) in [4.78, 5) is 0. The Bertz CT molecular complexity index is 269. The smallest absolute Gasteiger partial charge is 0.147 e. The van der Waals surface area contributed by atoms with Crippen molar-refractivity contribution in [3.8, 4) is 0 Å². The molecule has 0 spiro atoms. The second-order valence-electron chi connectivity index (χ2n) is 4.40. The Morgan fingerprint density at radius 1 is 1.50 bits per heavy atom. The van der Waals surface area contributed by atoms with Crippen LogP contribution in [-0.2, 0) is 9.84 Å². The van der Waals surface area contributed by atoms with Gasteiger partial charge in [0.15, 0.2) is 0 Å². The molecule has 1 fully saturated rings. The SMILES string of the molecule is CC1(NCCCS(C)(=O)=O)CCNC1. The molecule has 0 amide bonds. The lowest BCUT2D eigenvalue weighted by Crippen LogP contribution is -2.44. The van der Waals surface area contributed by atoms with Crippen LogP contribution in [0.5, 0.6) is 0 Å². The van der Waals surface area contributed by atoms with E-state index in [4.69, 9.17) is 0 Å². The average Bonchev–Trinajstić information content (AvgIpc) is 2.45. The minimum Gasteiger partial charge on any atom is -0.315 e. The summed E-state index contributed by atoms with van der Waals surface area (Å²) in [5, 5.41) is 6.69. The molecule has 1 aliphatic rings. The summed E-state index contributed by atoms with van der Waals surface area (Å²) in [7, 11) is -2.80. The lowest BCUT2D eigenvalue weighted by atomic mass is 10.0. The zero-order valence-electron chi connectivity index (χ0n) is 8.97. The van der Waals surface area contributed by atoms with Crippen molar-refractivity contribution in [1.82, 2.24) is 10.6 Å². The highest BCUT2D eigenvalue weighted by molar-refractivity contribution is 7.90. The van der Waals surface area contributed by atoms with E-state index in [1.807, 2.05) is 0 Å². The summed E-state index contributed by atoms with van der Waals surface area (Å²) in [6.45, 7) is 4.99. The van der Waals surface area contributed by atoms with Gasteiger partial charge in [-0.15, -0.1) is 0 Å². The molecular formula is C9H20N2O2S. The van der Waals surface area contributed by atoms with Crippen molar-refractivity contribution in [1.29, 1.82) is 0 Å². The van der Waals surface area contributed by atoms with Crippen LogP contribution in [0.4, 0.5) is 0 Å². The van der Waals surface area contributed by atoms with E-state index in [-0.39, 0.29) is 11.3 Å². The van der Waals surface area contributed by atoms with Gasteiger partial charge in [0.05, 0.1) is 5.75 Å². The predicted octanol–water partition coefficient (Wildman–Crippen LogP) is -0.237. The van der Waals surface area contributed by atoms with Gasteiger partial charge >= 0.3 is 0 Å². The van der Waals surface area contributed by atoms with Crippen molar-refractivity contribution in [2.24, 2.45) is 0 Å². The van der Waals surface area contributed by atoms with Gasteiger partial charge in [0, 0.05) is 18.3 Å². The summed E-state index contributed by atoms with van der Waals surface area (Å²) in [6, 6.07) is 0. The highest BCUT2D eigenvalue weighted by Gasteiger charge is 2.27. The van der Waals surface area contributed by atoms with E-state index in [9.17, 15) is 8.42 Å². The molecule has 0 radical (unpaired) electrons. The quantitative estimate of drug-likeness (QED) is 0.628. The number of hydrogen-bond acceptors (Lipinski definition) is 4. The van der Waals surface area contributed by atoms with E-state index in [1.165, 1.54) is 6.26 Å². The highest BCUT2D eigenvalue weighted by Crippen LogP contribution is 2.12. The fourth-order valence-corrected chi connectivity index (χ4v) is 2.36. The molecule has 1 heterocycles. The van der Waals surface area contributed by atoms with Gasteiger partial charge in [0.1, 0.15) is 9.84 Å². The van der Waals surface area contributed by atoms with Gasteiger partial charge in [0.25, 0.3) is 0 Å². The first-order valence-electron chi connectivity index (χ1n) is 5.05. The molecule has 0 saturated carbocycles. The summed E-state index contributed by atoms with van der Waals surface area (Å²) in [5.74, 6) is 0.281. The topological polar surface area (TPSA) is 58.2 Å². The first kappa shape index (κ1) is 11.9. The maximum absolute atomic E-state index is 10.9. The molecule has 1 atom stereocenters. The molecular weight excluding hydrogens is 200 g/mol. The molecule has 2 N–H and O–H groups in total. The summed E-state index contributed by atoms with van der Waals surface area (Å²) in [6.07, 6.45) is 3.10. The minimum atomic E-state index is -2.80. The first-order chi connectivity index (χ1) is 6.41. The molecule has 0 bridgehead atoms. The van der Waals surface area contributed by atoms with E-state index in [0.717, 1.165) is 26.1 Å². The molecule has 84 valence electrons. The number of rotatable bonds is 5. The molecule has 0 aromatic heterocycles. The number of sulfone groups is 1. The molecule has 0 aromatic carbocycles. The Balaban J connectivity index is 2.15. The monoisotopic (exact) mass is 220 g/mol. The zero-order chi connectivity index (χ0) is 10.7. The maximum Gasteiger partial charge on any atom is 0.147 e. The Morgan fingerprint density at radius 2 is 2.21 bits per heavy atom. The molecule has 0 aliphatic carbocycles. The van der Waals surface area contributed by atoms with Crippen LogP contribution in [0.15, 0.2) is 0 Å². The standard InChI is InChI=1S/C9H20N2O2S/c1-9(4-6-10-8-9)11-5-3-7-14(2,12)13/h10-11H,3-8H2,1-2H3. The molecule has 0 aromatic rings. The molecule has 14 heavy (non-hydrogen) atoms. The van der Waals surface area contributed by atoms with Gasteiger partial charge in [0.2, 0.25) is 0 Å².